The van der Waals surface area contributed by atoms with Crippen LogP contribution in [-0.4, -0.2) is 30.3 Å². The van der Waals surface area contributed by atoms with Gasteiger partial charge in [-0.3, -0.25) is 4.79 Å². The van der Waals surface area contributed by atoms with E-state index in [4.69, 9.17) is 9.84 Å². The van der Waals surface area contributed by atoms with Crippen LogP contribution in [0.4, 0.5) is 5.69 Å². The SMILES string of the molecule is CCC1CN(CCCC(=O)O)c2ccccc2O1. The molecule has 1 aliphatic heterocycles. The normalized spacial score (nSPS) is 18.1. The van der Waals surface area contributed by atoms with E-state index in [0.717, 1.165) is 30.9 Å². The molecule has 2 rings (SSSR count). The molecule has 0 radical (unpaired) electrons. The quantitative estimate of drug-likeness (QED) is 0.871. The first-order chi connectivity index (χ1) is 8.70. The number of carboxylic acids is 1. The Morgan fingerprint density at radius 1 is 1.50 bits per heavy atom. The predicted octanol–water partition coefficient (Wildman–Crippen LogP) is 2.53. The van der Waals surface area contributed by atoms with Crippen LogP contribution in [0.15, 0.2) is 24.3 Å². The van der Waals surface area contributed by atoms with Crippen molar-refractivity contribution in [1.29, 1.82) is 0 Å². The van der Waals surface area contributed by atoms with Gasteiger partial charge in [0.05, 0.1) is 12.2 Å². The summed E-state index contributed by atoms with van der Waals surface area (Å²) in [5, 5.41) is 8.69. The average molecular weight is 249 g/mol. The van der Waals surface area contributed by atoms with Crippen molar-refractivity contribution in [2.24, 2.45) is 0 Å². The highest BCUT2D eigenvalue weighted by molar-refractivity contribution is 5.67. The van der Waals surface area contributed by atoms with E-state index in [1.54, 1.807) is 0 Å². The number of hydrogen-bond acceptors (Lipinski definition) is 3. The van der Waals surface area contributed by atoms with Crippen LogP contribution >= 0.6 is 0 Å². The maximum absolute atomic E-state index is 10.6. The van der Waals surface area contributed by atoms with Crippen molar-refractivity contribution in [2.45, 2.75) is 32.3 Å². The molecule has 18 heavy (non-hydrogen) atoms. The summed E-state index contributed by atoms with van der Waals surface area (Å²) in [4.78, 5) is 12.8. The zero-order valence-electron chi connectivity index (χ0n) is 10.6. The molecular formula is C14H19NO3. The highest BCUT2D eigenvalue weighted by Gasteiger charge is 2.23. The Labute approximate surface area is 107 Å². The van der Waals surface area contributed by atoms with Crippen LogP contribution in [0.3, 0.4) is 0 Å². The van der Waals surface area contributed by atoms with E-state index >= 15 is 0 Å². The van der Waals surface area contributed by atoms with E-state index < -0.39 is 5.97 Å². The van der Waals surface area contributed by atoms with E-state index in [0.29, 0.717) is 6.42 Å². The molecule has 0 aliphatic carbocycles. The lowest BCUT2D eigenvalue weighted by Gasteiger charge is -2.36. The molecule has 4 heteroatoms. The van der Waals surface area contributed by atoms with Gasteiger partial charge in [0.15, 0.2) is 0 Å². The first-order valence-electron chi connectivity index (χ1n) is 6.43. The number of benzene rings is 1. The smallest absolute Gasteiger partial charge is 0.303 e. The molecule has 1 aromatic rings. The number of rotatable bonds is 5. The summed E-state index contributed by atoms with van der Waals surface area (Å²) in [5.74, 6) is 0.175. The van der Waals surface area contributed by atoms with Crippen LogP contribution in [0.1, 0.15) is 26.2 Å². The number of fused-ring (bicyclic) bond motifs is 1. The summed E-state index contributed by atoms with van der Waals surface area (Å²) in [6.45, 7) is 3.71. The minimum Gasteiger partial charge on any atom is -0.486 e. The van der Waals surface area contributed by atoms with E-state index in [9.17, 15) is 4.79 Å². The van der Waals surface area contributed by atoms with Gasteiger partial charge in [-0.05, 0) is 25.0 Å². The van der Waals surface area contributed by atoms with Crippen LogP contribution in [0, 0.1) is 0 Å². The Balaban J connectivity index is 2.06. The monoisotopic (exact) mass is 249 g/mol. The summed E-state index contributed by atoms with van der Waals surface area (Å²) >= 11 is 0. The molecule has 0 fully saturated rings. The lowest BCUT2D eigenvalue weighted by Crippen LogP contribution is -2.40. The minimum absolute atomic E-state index is 0.199. The van der Waals surface area contributed by atoms with Gasteiger partial charge < -0.3 is 14.7 Å². The molecule has 0 amide bonds. The largest absolute Gasteiger partial charge is 0.486 e. The van der Waals surface area contributed by atoms with Gasteiger partial charge in [0, 0.05) is 13.0 Å². The number of carboxylic acid groups (broad SMARTS) is 1. The van der Waals surface area contributed by atoms with Gasteiger partial charge in [0.1, 0.15) is 11.9 Å². The topological polar surface area (TPSA) is 49.8 Å². The van der Waals surface area contributed by atoms with Crippen molar-refractivity contribution in [2.75, 3.05) is 18.0 Å². The number of ether oxygens (including phenoxy) is 1. The summed E-state index contributed by atoms with van der Waals surface area (Å²) in [7, 11) is 0. The molecule has 98 valence electrons. The van der Waals surface area contributed by atoms with Crippen LogP contribution in [0.5, 0.6) is 5.75 Å². The Kier molecular flexibility index (Phi) is 4.07. The number of anilines is 1. The van der Waals surface area contributed by atoms with Crippen molar-refractivity contribution < 1.29 is 14.6 Å². The molecule has 0 bridgehead atoms. The van der Waals surface area contributed by atoms with Gasteiger partial charge in [-0.25, -0.2) is 0 Å². The van der Waals surface area contributed by atoms with Crippen LogP contribution in [-0.2, 0) is 4.79 Å². The zero-order chi connectivity index (χ0) is 13.0. The second kappa shape index (κ2) is 5.76. The lowest BCUT2D eigenvalue weighted by molar-refractivity contribution is -0.137. The number of hydrogen-bond donors (Lipinski definition) is 1. The summed E-state index contributed by atoms with van der Waals surface area (Å²) in [6, 6.07) is 7.95. The lowest BCUT2D eigenvalue weighted by atomic mass is 10.1. The highest BCUT2D eigenvalue weighted by Crippen LogP contribution is 2.33. The molecule has 1 N–H and O–H groups in total. The third-order valence-electron chi connectivity index (χ3n) is 3.20. The Bertz CT molecular complexity index is 419. The van der Waals surface area contributed by atoms with E-state index in [2.05, 4.69) is 11.8 Å². The van der Waals surface area contributed by atoms with Gasteiger partial charge in [-0.15, -0.1) is 0 Å². The van der Waals surface area contributed by atoms with Crippen molar-refractivity contribution in [3.63, 3.8) is 0 Å². The third-order valence-corrected chi connectivity index (χ3v) is 3.20. The average Bonchev–Trinajstić information content (AvgIpc) is 2.38. The van der Waals surface area contributed by atoms with Crippen molar-refractivity contribution in [3.8, 4) is 5.75 Å². The first kappa shape index (κ1) is 12.7. The molecule has 1 heterocycles. The Morgan fingerprint density at radius 3 is 3.00 bits per heavy atom. The fraction of sp³-hybridized carbons (Fsp3) is 0.500. The summed E-state index contributed by atoms with van der Waals surface area (Å²) < 4.78 is 5.88. The first-order valence-corrected chi connectivity index (χ1v) is 6.43. The Hall–Kier alpha value is -1.71. The van der Waals surface area contributed by atoms with Gasteiger partial charge >= 0.3 is 5.97 Å². The molecule has 4 nitrogen and oxygen atoms in total. The van der Waals surface area contributed by atoms with Crippen molar-refractivity contribution in [3.05, 3.63) is 24.3 Å². The number of carbonyl (C=O) groups is 1. The molecular weight excluding hydrogens is 230 g/mol. The van der Waals surface area contributed by atoms with Crippen molar-refractivity contribution in [1.82, 2.24) is 0 Å². The molecule has 0 aromatic heterocycles. The number of para-hydroxylation sites is 2. The fourth-order valence-electron chi connectivity index (χ4n) is 2.22. The van der Waals surface area contributed by atoms with Crippen LogP contribution in [0.25, 0.3) is 0 Å². The second-order valence-electron chi connectivity index (χ2n) is 4.56. The molecule has 1 atom stereocenters. The van der Waals surface area contributed by atoms with E-state index in [1.807, 2.05) is 24.3 Å². The van der Waals surface area contributed by atoms with Gasteiger partial charge in [-0.1, -0.05) is 19.1 Å². The highest BCUT2D eigenvalue weighted by atomic mass is 16.5. The molecule has 0 spiro atoms. The molecule has 0 saturated carbocycles. The van der Waals surface area contributed by atoms with Crippen molar-refractivity contribution >= 4 is 11.7 Å². The van der Waals surface area contributed by atoms with Gasteiger partial charge in [0.2, 0.25) is 0 Å². The zero-order valence-corrected chi connectivity index (χ0v) is 10.6. The van der Waals surface area contributed by atoms with Crippen LogP contribution < -0.4 is 9.64 Å². The minimum atomic E-state index is -0.733. The summed E-state index contributed by atoms with van der Waals surface area (Å²) in [6.07, 6.45) is 2.05. The maximum Gasteiger partial charge on any atom is 0.303 e. The molecule has 1 unspecified atom stereocenters. The predicted molar refractivity (Wildman–Crippen MR) is 70.2 cm³/mol. The fourth-order valence-corrected chi connectivity index (χ4v) is 2.22. The van der Waals surface area contributed by atoms with E-state index in [1.165, 1.54) is 0 Å². The molecule has 1 aromatic carbocycles. The summed E-state index contributed by atoms with van der Waals surface area (Å²) in [5.41, 5.74) is 1.08. The number of aliphatic carboxylic acids is 1. The van der Waals surface area contributed by atoms with Crippen LogP contribution in [0.2, 0.25) is 0 Å². The standard InChI is InChI=1S/C14H19NO3/c1-2-11-10-15(9-5-8-14(16)17)12-6-3-4-7-13(12)18-11/h3-4,6-7,11H,2,5,8-10H2,1H3,(H,16,17). The molecule has 1 aliphatic rings. The maximum atomic E-state index is 10.6. The van der Waals surface area contributed by atoms with E-state index in [-0.39, 0.29) is 12.5 Å². The molecule has 0 saturated heterocycles. The Morgan fingerprint density at radius 2 is 2.28 bits per heavy atom. The number of nitrogens with zero attached hydrogens (tertiary/aromatic N) is 1. The van der Waals surface area contributed by atoms with Gasteiger partial charge in [0.25, 0.3) is 0 Å². The second-order valence-corrected chi connectivity index (χ2v) is 4.56. The van der Waals surface area contributed by atoms with Gasteiger partial charge in [-0.2, -0.15) is 0 Å². The third kappa shape index (κ3) is 2.94.